The second-order valence-corrected chi connectivity index (χ2v) is 6.73. The van der Waals surface area contributed by atoms with Crippen LogP contribution in [0.2, 0.25) is 0 Å². The largest absolute Gasteiger partial charge is 0.340 e. The molecule has 0 spiro atoms. The van der Waals surface area contributed by atoms with Gasteiger partial charge in [0.2, 0.25) is 0 Å². The van der Waals surface area contributed by atoms with Gasteiger partial charge in [-0.1, -0.05) is 12.1 Å². The van der Waals surface area contributed by atoms with Gasteiger partial charge in [-0.2, -0.15) is 5.10 Å². The first-order valence-corrected chi connectivity index (χ1v) is 8.57. The molecule has 0 saturated heterocycles. The van der Waals surface area contributed by atoms with Gasteiger partial charge in [0.25, 0.3) is 0 Å². The zero-order chi connectivity index (χ0) is 16.5. The van der Waals surface area contributed by atoms with Crippen LogP contribution in [0, 0.1) is 10.5 Å². The van der Waals surface area contributed by atoms with Crippen LogP contribution in [-0.2, 0) is 0 Å². The zero-order valence-corrected chi connectivity index (χ0v) is 15.1. The maximum atomic E-state index is 4.50. The third kappa shape index (κ3) is 2.84. The lowest BCUT2D eigenvalue weighted by atomic mass is 10.2. The highest BCUT2D eigenvalue weighted by Crippen LogP contribution is 2.25. The van der Waals surface area contributed by atoms with Crippen LogP contribution in [0.25, 0.3) is 16.7 Å². The summed E-state index contributed by atoms with van der Waals surface area (Å²) in [6, 6.07) is 16.4. The molecule has 0 amide bonds. The van der Waals surface area contributed by atoms with Crippen molar-refractivity contribution < 1.29 is 0 Å². The summed E-state index contributed by atoms with van der Waals surface area (Å²) in [5.74, 6) is 0.750. The van der Waals surface area contributed by atoms with Gasteiger partial charge in [0.05, 0.1) is 17.3 Å². The van der Waals surface area contributed by atoms with Crippen molar-refractivity contribution >= 4 is 45.1 Å². The minimum atomic E-state index is 0.750. The fraction of sp³-hybridized carbons (Fsp3) is 0.0556. The van der Waals surface area contributed by atoms with Crippen LogP contribution >= 0.6 is 22.6 Å². The number of nitrogens with zero attached hydrogens (tertiary/aromatic N) is 4. The van der Waals surface area contributed by atoms with Crippen LogP contribution in [0.3, 0.4) is 0 Å². The Bertz CT molecular complexity index is 1010. The van der Waals surface area contributed by atoms with Gasteiger partial charge in [-0.25, -0.2) is 14.6 Å². The molecule has 4 aromatic rings. The summed E-state index contributed by atoms with van der Waals surface area (Å²) in [6.07, 6.45) is 3.36. The number of hydrogen-bond acceptors (Lipinski definition) is 4. The molecule has 0 radical (unpaired) electrons. The Labute approximate surface area is 152 Å². The van der Waals surface area contributed by atoms with Gasteiger partial charge in [0.15, 0.2) is 5.65 Å². The second kappa shape index (κ2) is 6.20. The highest BCUT2D eigenvalue weighted by Gasteiger charge is 2.11. The molecule has 0 aliphatic carbocycles. The summed E-state index contributed by atoms with van der Waals surface area (Å²) in [5.41, 5.74) is 3.94. The smallest absolute Gasteiger partial charge is 0.168 e. The molecule has 5 nitrogen and oxygen atoms in total. The summed E-state index contributed by atoms with van der Waals surface area (Å²) < 4.78 is 3.03. The topological polar surface area (TPSA) is 55.6 Å². The highest BCUT2D eigenvalue weighted by molar-refractivity contribution is 14.1. The lowest BCUT2D eigenvalue weighted by Gasteiger charge is -2.07. The Morgan fingerprint density at radius 3 is 2.67 bits per heavy atom. The highest BCUT2D eigenvalue weighted by atomic mass is 127. The maximum Gasteiger partial charge on any atom is 0.168 e. The molecule has 0 atom stereocenters. The standard InChI is InChI=1S/C18H14IN5/c1-12-3-2-4-15(9-12)24-18-16(10-22-24)17(20-11-21-18)23-14-7-5-13(19)6-8-14/h2-11H,1H3,(H,20,21,23). The summed E-state index contributed by atoms with van der Waals surface area (Å²) in [4.78, 5) is 8.78. The number of rotatable bonds is 3. The van der Waals surface area contributed by atoms with Crippen LogP contribution in [0.4, 0.5) is 11.5 Å². The van der Waals surface area contributed by atoms with E-state index in [0.29, 0.717) is 0 Å². The van der Waals surface area contributed by atoms with E-state index >= 15 is 0 Å². The van der Waals surface area contributed by atoms with Crippen molar-refractivity contribution in [3.05, 3.63) is 70.2 Å². The molecule has 2 heterocycles. The molecule has 0 saturated carbocycles. The first-order valence-electron chi connectivity index (χ1n) is 7.49. The monoisotopic (exact) mass is 427 g/mol. The Kier molecular flexibility index (Phi) is 3.89. The van der Waals surface area contributed by atoms with Crippen molar-refractivity contribution in [1.82, 2.24) is 19.7 Å². The average Bonchev–Trinajstić information content (AvgIpc) is 3.02. The Morgan fingerprint density at radius 2 is 1.88 bits per heavy atom. The lowest BCUT2D eigenvalue weighted by Crippen LogP contribution is -1.99. The van der Waals surface area contributed by atoms with E-state index in [4.69, 9.17) is 0 Å². The van der Waals surface area contributed by atoms with Gasteiger partial charge < -0.3 is 5.32 Å². The number of hydrogen-bond donors (Lipinski definition) is 1. The minimum Gasteiger partial charge on any atom is -0.340 e. The number of halogens is 1. The van der Waals surface area contributed by atoms with Crippen molar-refractivity contribution in [2.75, 3.05) is 5.32 Å². The van der Waals surface area contributed by atoms with Crippen molar-refractivity contribution in [1.29, 1.82) is 0 Å². The van der Waals surface area contributed by atoms with Crippen LogP contribution in [0.5, 0.6) is 0 Å². The predicted octanol–water partition coefficient (Wildman–Crippen LogP) is 4.47. The minimum absolute atomic E-state index is 0.750. The fourth-order valence-corrected chi connectivity index (χ4v) is 2.92. The Balaban J connectivity index is 1.77. The number of benzene rings is 2. The Hall–Kier alpha value is -2.48. The third-order valence-electron chi connectivity index (χ3n) is 3.72. The maximum absolute atomic E-state index is 4.50. The van der Waals surface area contributed by atoms with Gasteiger partial charge in [-0.05, 0) is 71.5 Å². The zero-order valence-electron chi connectivity index (χ0n) is 12.9. The van der Waals surface area contributed by atoms with Crippen LogP contribution in [0.15, 0.2) is 61.1 Å². The molecule has 2 aromatic heterocycles. The molecule has 0 aliphatic heterocycles. The SMILES string of the molecule is Cc1cccc(-n2ncc3c(Nc4ccc(I)cc4)ncnc32)c1. The van der Waals surface area contributed by atoms with Gasteiger partial charge in [0, 0.05) is 9.26 Å². The molecular formula is C18H14IN5. The molecular weight excluding hydrogens is 413 g/mol. The molecule has 0 bridgehead atoms. The fourth-order valence-electron chi connectivity index (χ4n) is 2.56. The van der Waals surface area contributed by atoms with E-state index in [0.717, 1.165) is 28.2 Å². The molecule has 0 aliphatic rings. The van der Waals surface area contributed by atoms with Crippen LogP contribution in [-0.4, -0.2) is 19.7 Å². The first kappa shape index (κ1) is 15.1. The molecule has 1 N–H and O–H groups in total. The first-order chi connectivity index (χ1) is 11.7. The molecule has 0 fully saturated rings. The van der Waals surface area contributed by atoms with E-state index < -0.39 is 0 Å². The molecule has 4 rings (SSSR count). The molecule has 2 aromatic carbocycles. The predicted molar refractivity (Wildman–Crippen MR) is 104 cm³/mol. The quantitative estimate of drug-likeness (QED) is 0.491. The molecule has 0 unspecified atom stereocenters. The van der Waals surface area contributed by atoms with Gasteiger partial charge in [-0.3, -0.25) is 0 Å². The van der Waals surface area contributed by atoms with E-state index in [9.17, 15) is 0 Å². The summed E-state index contributed by atoms with van der Waals surface area (Å²) in [7, 11) is 0. The van der Waals surface area contributed by atoms with Crippen molar-refractivity contribution in [2.45, 2.75) is 6.92 Å². The Morgan fingerprint density at radius 1 is 1.04 bits per heavy atom. The van der Waals surface area contributed by atoms with Crippen molar-refractivity contribution in [3.63, 3.8) is 0 Å². The molecule has 6 heteroatoms. The van der Waals surface area contributed by atoms with E-state index in [2.05, 4.69) is 74.2 Å². The van der Waals surface area contributed by atoms with Crippen LogP contribution in [0.1, 0.15) is 5.56 Å². The number of fused-ring (bicyclic) bond motifs is 1. The number of anilines is 2. The summed E-state index contributed by atoms with van der Waals surface area (Å²) >= 11 is 2.29. The van der Waals surface area contributed by atoms with E-state index in [1.165, 1.54) is 9.13 Å². The van der Waals surface area contributed by atoms with Crippen molar-refractivity contribution in [3.8, 4) is 5.69 Å². The summed E-state index contributed by atoms with van der Waals surface area (Å²) in [6.45, 7) is 2.06. The lowest BCUT2D eigenvalue weighted by molar-refractivity contribution is 0.894. The van der Waals surface area contributed by atoms with Gasteiger partial charge in [0.1, 0.15) is 12.1 Å². The number of aromatic nitrogens is 4. The average molecular weight is 427 g/mol. The summed E-state index contributed by atoms with van der Waals surface area (Å²) in [5, 5.41) is 8.73. The third-order valence-corrected chi connectivity index (χ3v) is 4.44. The van der Waals surface area contributed by atoms with Gasteiger partial charge >= 0.3 is 0 Å². The normalized spacial score (nSPS) is 10.9. The number of nitrogens with one attached hydrogen (secondary N) is 1. The molecule has 24 heavy (non-hydrogen) atoms. The molecule has 118 valence electrons. The van der Waals surface area contributed by atoms with E-state index in [1.54, 1.807) is 12.5 Å². The van der Waals surface area contributed by atoms with E-state index in [1.807, 2.05) is 28.9 Å². The van der Waals surface area contributed by atoms with Crippen molar-refractivity contribution in [2.24, 2.45) is 0 Å². The van der Waals surface area contributed by atoms with E-state index in [-0.39, 0.29) is 0 Å². The van der Waals surface area contributed by atoms with Crippen LogP contribution < -0.4 is 5.32 Å². The number of aryl methyl sites for hydroxylation is 1. The second-order valence-electron chi connectivity index (χ2n) is 5.49. The van der Waals surface area contributed by atoms with Gasteiger partial charge in [-0.15, -0.1) is 0 Å².